The van der Waals surface area contributed by atoms with Gasteiger partial charge in [0.05, 0.1) is 0 Å². The van der Waals surface area contributed by atoms with Gasteiger partial charge in [0.2, 0.25) is 0 Å². The highest BCUT2D eigenvalue weighted by Gasteiger charge is 2.44. The lowest BCUT2D eigenvalue weighted by Crippen LogP contribution is -2.44. The number of likely N-dealkylation sites (N-methyl/N-ethyl adjacent to an activating group) is 2. The summed E-state index contributed by atoms with van der Waals surface area (Å²) in [7, 11) is 4.53. The molecule has 0 aliphatic carbocycles. The van der Waals surface area contributed by atoms with Crippen molar-refractivity contribution >= 4 is 11.4 Å². The van der Waals surface area contributed by atoms with Crippen LogP contribution in [0.15, 0.2) is 84.9 Å². The molecule has 6 aliphatic heterocycles. The molecule has 45 heavy (non-hydrogen) atoms. The monoisotopic (exact) mass is 596 g/mol. The maximum atomic E-state index is 2.73. The van der Waals surface area contributed by atoms with Gasteiger partial charge in [-0.3, -0.25) is 0 Å². The Morgan fingerprint density at radius 2 is 0.889 bits per heavy atom. The first-order valence-electron chi connectivity index (χ1n) is 16.9. The van der Waals surface area contributed by atoms with E-state index in [-0.39, 0.29) is 7.43 Å². The Bertz CT molecular complexity index is 1600. The quantitative estimate of drug-likeness (QED) is 0.209. The Hall–Kier alpha value is -3.60. The van der Waals surface area contributed by atoms with E-state index >= 15 is 0 Å². The lowest BCUT2D eigenvalue weighted by molar-refractivity contribution is 0.231. The Morgan fingerprint density at radius 3 is 1.33 bits per heavy atom. The highest BCUT2D eigenvalue weighted by Crippen LogP contribution is 2.50. The number of rotatable bonds is 0. The van der Waals surface area contributed by atoms with E-state index in [1.165, 1.54) is 72.4 Å². The molecule has 0 N–H and O–H groups in total. The van der Waals surface area contributed by atoms with Gasteiger partial charge >= 0.3 is 0 Å². The number of hydrogen-bond acceptors (Lipinski definition) is 4. The third-order valence-electron chi connectivity index (χ3n) is 11.7. The molecule has 0 amide bonds. The highest BCUT2D eigenvalue weighted by molar-refractivity contribution is 5.70. The summed E-state index contributed by atoms with van der Waals surface area (Å²) in [6.45, 7) is 7.04. The smallest absolute Gasteiger partial charge is 0.0444 e. The van der Waals surface area contributed by atoms with E-state index in [1.54, 1.807) is 22.5 Å². The lowest BCUT2D eigenvalue weighted by Gasteiger charge is -2.37. The van der Waals surface area contributed by atoms with Crippen LogP contribution in [0.25, 0.3) is 0 Å². The second kappa shape index (κ2) is 11.3. The molecule has 4 nitrogen and oxygen atoms in total. The maximum absolute atomic E-state index is 2.73. The van der Waals surface area contributed by atoms with E-state index < -0.39 is 0 Å². The Labute approximate surface area is 270 Å². The third kappa shape index (κ3) is 4.72. The summed E-state index contributed by atoms with van der Waals surface area (Å²) in [4.78, 5) is 10.5. The van der Waals surface area contributed by atoms with Crippen molar-refractivity contribution in [3.63, 3.8) is 0 Å². The summed E-state index contributed by atoms with van der Waals surface area (Å²) in [6.07, 6.45) is 4.76. The lowest BCUT2D eigenvalue weighted by atomic mass is 9.88. The number of hydrogen-bond donors (Lipinski definition) is 0. The summed E-state index contributed by atoms with van der Waals surface area (Å²) in [5.74, 6) is 1.39. The Kier molecular flexibility index (Phi) is 7.26. The average molecular weight is 597 g/mol. The Balaban J connectivity index is 0.000000131. The van der Waals surface area contributed by atoms with E-state index in [1.807, 2.05) is 0 Å². The minimum atomic E-state index is 0. The van der Waals surface area contributed by atoms with Gasteiger partial charge in [-0.1, -0.05) is 92.4 Å². The van der Waals surface area contributed by atoms with Gasteiger partial charge in [-0.05, 0) is 97.4 Å². The summed E-state index contributed by atoms with van der Waals surface area (Å²) in [5, 5.41) is 0. The SMILES string of the molecule is C.CN1CC[C@@H]2[C@H](C1)c1cccc3c1N2Cc1ccccc1C3.CN1CC[C@H]2[C@@H](C1)c1cccc3c1N2Cc1ccccc1C3. The molecule has 4 heteroatoms. The molecule has 6 heterocycles. The standard InChI is InChI=1S/2C20H22N2.CH4/c2*1-21-10-9-19-18(13-21)17-8-4-7-15-11-14-5-2-3-6-16(14)12-22(19)20(15)17;/h2*2-8,18-19H,9-13H2,1H3;1H4/t2*18-,19-;/m10./s1. The molecule has 4 aromatic rings. The van der Waals surface area contributed by atoms with E-state index in [9.17, 15) is 0 Å². The van der Waals surface area contributed by atoms with E-state index in [0.29, 0.717) is 23.9 Å². The van der Waals surface area contributed by atoms with Crippen molar-refractivity contribution in [1.82, 2.24) is 9.80 Å². The van der Waals surface area contributed by atoms with Crippen LogP contribution in [0.3, 0.4) is 0 Å². The summed E-state index contributed by atoms with van der Waals surface area (Å²) in [6, 6.07) is 33.4. The van der Waals surface area contributed by atoms with Gasteiger partial charge in [-0.15, -0.1) is 0 Å². The minimum Gasteiger partial charge on any atom is -0.363 e. The molecule has 232 valence electrons. The van der Waals surface area contributed by atoms with Crippen molar-refractivity contribution in [2.45, 2.75) is 70.1 Å². The second-order valence-corrected chi connectivity index (χ2v) is 14.3. The van der Waals surface area contributed by atoms with Crippen LogP contribution in [0.2, 0.25) is 0 Å². The van der Waals surface area contributed by atoms with E-state index in [0.717, 1.165) is 25.9 Å². The molecule has 0 aromatic heterocycles. The molecule has 0 unspecified atom stereocenters. The van der Waals surface area contributed by atoms with Gasteiger partial charge in [0.1, 0.15) is 0 Å². The Morgan fingerprint density at radius 1 is 0.489 bits per heavy atom. The van der Waals surface area contributed by atoms with E-state index in [4.69, 9.17) is 0 Å². The normalized spacial score (nSPS) is 25.6. The molecule has 6 aliphatic rings. The topological polar surface area (TPSA) is 13.0 Å². The van der Waals surface area contributed by atoms with Crippen LogP contribution in [0.4, 0.5) is 11.4 Å². The van der Waals surface area contributed by atoms with Gasteiger partial charge < -0.3 is 19.6 Å². The fourth-order valence-electron chi connectivity index (χ4n) is 9.64. The van der Waals surface area contributed by atoms with Crippen LogP contribution >= 0.6 is 0 Å². The van der Waals surface area contributed by atoms with Gasteiger partial charge in [0.15, 0.2) is 0 Å². The van der Waals surface area contributed by atoms with Crippen LogP contribution in [0.5, 0.6) is 0 Å². The van der Waals surface area contributed by atoms with Crippen LogP contribution < -0.4 is 9.80 Å². The first-order chi connectivity index (χ1) is 21.6. The van der Waals surface area contributed by atoms with Gasteiger partial charge in [-0.25, -0.2) is 0 Å². The van der Waals surface area contributed by atoms with Crippen LogP contribution in [0.1, 0.15) is 76.6 Å². The van der Waals surface area contributed by atoms with Crippen LogP contribution in [0, 0.1) is 0 Å². The van der Waals surface area contributed by atoms with Crippen molar-refractivity contribution < 1.29 is 0 Å². The zero-order valence-corrected chi connectivity index (χ0v) is 26.3. The molecule has 0 spiro atoms. The third-order valence-corrected chi connectivity index (χ3v) is 11.7. The van der Waals surface area contributed by atoms with Crippen LogP contribution in [-0.2, 0) is 25.9 Å². The number of para-hydroxylation sites is 2. The predicted molar refractivity (Wildman–Crippen MR) is 188 cm³/mol. The summed E-state index contributed by atoms with van der Waals surface area (Å²) < 4.78 is 0. The summed E-state index contributed by atoms with van der Waals surface area (Å²) >= 11 is 0. The molecule has 0 bridgehead atoms. The minimum absolute atomic E-state index is 0. The fourth-order valence-corrected chi connectivity index (χ4v) is 9.64. The largest absolute Gasteiger partial charge is 0.363 e. The molecular weight excluding hydrogens is 548 g/mol. The van der Waals surface area contributed by atoms with Crippen molar-refractivity contribution in [3.8, 4) is 0 Å². The fraction of sp³-hybridized carbons (Fsp3) is 0.415. The highest BCUT2D eigenvalue weighted by atomic mass is 15.2. The zero-order chi connectivity index (χ0) is 29.4. The van der Waals surface area contributed by atoms with Crippen molar-refractivity contribution in [2.75, 3.05) is 50.1 Å². The number of piperidine rings is 2. The predicted octanol–water partition coefficient (Wildman–Crippen LogP) is 7.43. The molecule has 0 radical (unpaired) electrons. The first kappa shape index (κ1) is 28.8. The van der Waals surface area contributed by atoms with Gasteiger partial charge in [0, 0.05) is 61.5 Å². The van der Waals surface area contributed by atoms with Crippen LogP contribution in [-0.4, -0.2) is 62.2 Å². The molecule has 10 rings (SSSR count). The molecule has 2 saturated heterocycles. The molecule has 4 atom stereocenters. The molecule has 2 fully saturated rings. The van der Waals surface area contributed by atoms with Crippen molar-refractivity contribution in [3.05, 3.63) is 129 Å². The number of benzene rings is 4. The number of nitrogens with zero attached hydrogens (tertiary/aromatic N) is 4. The number of anilines is 2. The summed E-state index contributed by atoms with van der Waals surface area (Å²) in [5.41, 5.74) is 15.4. The molecule has 0 saturated carbocycles. The molecule has 4 aromatic carbocycles. The molecular formula is C41H48N4. The van der Waals surface area contributed by atoms with Crippen molar-refractivity contribution in [2.24, 2.45) is 0 Å². The number of fused-ring (bicyclic) bond motifs is 8. The maximum Gasteiger partial charge on any atom is 0.0444 e. The van der Waals surface area contributed by atoms with E-state index in [2.05, 4.69) is 119 Å². The number of likely N-dealkylation sites (tertiary alicyclic amines) is 2. The van der Waals surface area contributed by atoms with Gasteiger partial charge in [-0.2, -0.15) is 0 Å². The zero-order valence-electron chi connectivity index (χ0n) is 26.3. The van der Waals surface area contributed by atoms with Crippen molar-refractivity contribution in [1.29, 1.82) is 0 Å². The van der Waals surface area contributed by atoms with Gasteiger partial charge in [0.25, 0.3) is 0 Å². The average Bonchev–Trinajstić information content (AvgIpc) is 3.35. The second-order valence-electron chi connectivity index (χ2n) is 14.3. The first-order valence-corrected chi connectivity index (χ1v) is 16.9.